The highest BCUT2D eigenvalue weighted by molar-refractivity contribution is 7.99. The van der Waals surface area contributed by atoms with Gasteiger partial charge >= 0.3 is 0 Å². The zero-order valence-electron chi connectivity index (χ0n) is 6.90. The Morgan fingerprint density at radius 1 is 1.67 bits per heavy atom. The summed E-state index contributed by atoms with van der Waals surface area (Å²) in [5.41, 5.74) is 6.12. The van der Waals surface area contributed by atoms with Crippen LogP contribution in [0.3, 0.4) is 0 Å². The Kier molecular flexibility index (Phi) is 3.37. The summed E-state index contributed by atoms with van der Waals surface area (Å²) < 4.78 is 0. The Hall–Kier alpha value is -0.740. The lowest BCUT2D eigenvalue weighted by Gasteiger charge is -2.02. The first-order chi connectivity index (χ1) is 5.68. The Bertz CT molecular complexity index is 235. The van der Waals surface area contributed by atoms with Gasteiger partial charge in [0.25, 0.3) is 0 Å². The average Bonchev–Trinajstić information content (AvgIpc) is 2.03. The number of nitrogen functional groups attached to an aromatic ring is 1. The third-order valence-corrected chi connectivity index (χ3v) is 2.42. The highest BCUT2D eigenvalue weighted by Gasteiger charge is 1.98. The Balaban J connectivity index is 2.48. The largest absolute Gasteiger partial charge is 0.397 e. The lowest BCUT2D eigenvalue weighted by atomic mass is 10.4. The van der Waals surface area contributed by atoms with Gasteiger partial charge in [0.2, 0.25) is 0 Å². The van der Waals surface area contributed by atoms with Gasteiger partial charge in [-0.05, 0) is 19.1 Å². The maximum Gasteiger partial charge on any atom is 0.0962 e. The fraction of sp³-hybridized carbons (Fsp3) is 0.375. The van der Waals surface area contributed by atoms with Gasteiger partial charge < -0.3 is 10.8 Å². The molecule has 3 nitrogen and oxygen atoms in total. The summed E-state index contributed by atoms with van der Waals surface area (Å²) in [5.74, 6) is 0.664. The summed E-state index contributed by atoms with van der Waals surface area (Å²) in [4.78, 5) is 4.08. The minimum absolute atomic E-state index is 0.297. The maximum atomic E-state index is 8.99. The van der Waals surface area contributed by atoms with E-state index < -0.39 is 0 Å². The SMILES string of the molecule is CC(O)CSc1ccc(N)cn1. The molecule has 1 heterocycles. The van der Waals surface area contributed by atoms with Gasteiger partial charge in [-0.1, -0.05) is 0 Å². The van der Waals surface area contributed by atoms with Crippen molar-refractivity contribution in [2.24, 2.45) is 0 Å². The molecule has 4 heteroatoms. The van der Waals surface area contributed by atoms with Crippen molar-refractivity contribution >= 4 is 17.4 Å². The molecule has 0 bridgehead atoms. The summed E-state index contributed by atoms with van der Waals surface area (Å²) in [7, 11) is 0. The normalized spacial score (nSPS) is 12.8. The van der Waals surface area contributed by atoms with Gasteiger partial charge in [-0.15, -0.1) is 11.8 Å². The summed E-state index contributed by atoms with van der Waals surface area (Å²) in [5, 5.41) is 9.89. The molecular formula is C8H12N2OS. The third-order valence-electron chi connectivity index (χ3n) is 1.23. The Morgan fingerprint density at radius 3 is 2.92 bits per heavy atom. The number of rotatable bonds is 3. The second kappa shape index (κ2) is 4.33. The predicted octanol–water partition coefficient (Wildman–Crippen LogP) is 1.14. The number of hydrogen-bond acceptors (Lipinski definition) is 4. The molecule has 0 aromatic carbocycles. The van der Waals surface area contributed by atoms with E-state index in [2.05, 4.69) is 4.98 Å². The number of pyridine rings is 1. The van der Waals surface area contributed by atoms with Crippen LogP contribution in [0.1, 0.15) is 6.92 Å². The van der Waals surface area contributed by atoms with Crippen LogP contribution >= 0.6 is 11.8 Å². The fourth-order valence-electron chi connectivity index (χ4n) is 0.683. The molecule has 0 spiro atoms. The number of aromatic nitrogens is 1. The number of aliphatic hydroxyl groups is 1. The molecule has 1 atom stereocenters. The van der Waals surface area contributed by atoms with Crippen LogP contribution in [0.2, 0.25) is 0 Å². The highest BCUT2D eigenvalue weighted by atomic mass is 32.2. The molecule has 0 fully saturated rings. The number of thioether (sulfide) groups is 1. The molecule has 0 radical (unpaired) electrons. The van der Waals surface area contributed by atoms with Gasteiger partial charge in [-0.3, -0.25) is 0 Å². The van der Waals surface area contributed by atoms with Gasteiger partial charge in [0.05, 0.1) is 23.0 Å². The summed E-state index contributed by atoms with van der Waals surface area (Å²) in [6, 6.07) is 3.65. The van der Waals surface area contributed by atoms with E-state index in [1.165, 1.54) is 11.8 Å². The lowest BCUT2D eigenvalue weighted by molar-refractivity contribution is 0.220. The minimum atomic E-state index is -0.297. The standard InChI is InChI=1S/C8H12N2OS/c1-6(11)5-12-8-3-2-7(9)4-10-8/h2-4,6,11H,5,9H2,1H3. The lowest BCUT2D eigenvalue weighted by Crippen LogP contribution is -2.02. The van der Waals surface area contributed by atoms with E-state index in [0.717, 1.165) is 5.03 Å². The molecule has 0 amide bonds. The molecular weight excluding hydrogens is 172 g/mol. The zero-order valence-corrected chi connectivity index (χ0v) is 7.71. The predicted molar refractivity (Wildman–Crippen MR) is 51.1 cm³/mol. The van der Waals surface area contributed by atoms with E-state index >= 15 is 0 Å². The van der Waals surface area contributed by atoms with Crippen molar-refractivity contribution in [3.63, 3.8) is 0 Å². The van der Waals surface area contributed by atoms with Crippen molar-refractivity contribution in [3.05, 3.63) is 18.3 Å². The summed E-state index contributed by atoms with van der Waals surface area (Å²) >= 11 is 1.52. The topological polar surface area (TPSA) is 59.1 Å². The van der Waals surface area contributed by atoms with E-state index in [-0.39, 0.29) is 6.10 Å². The molecule has 0 saturated heterocycles. The van der Waals surface area contributed by atoms with Crippen molar-refractivity contribution in [1.82, 2.24) is 4.98 Å². The zero-order chi connectivity index (χ0) is 8.97. The fourth-order valence-corrected chi connectivity index (χ4v) is 1.39. The molecule has 1 aromatic heterocycles. The number of anilines is 1. The van der Waals surface area contributed by atoms with E-state index in [4.69, 9.17) is 10.8 Å². The molecule has 12 heavy (non-hydrogen) atoms. The van der Waals surface area contributed by atoms with Crippen LogP contribution in [0.15, 0.2) is 23.4 Å². The van der Waals surface area contributed by atoms with Crippen LogP contribution in [0.25, 0.3) is 0 Å². The molecule has 0 aliphatic carbocycles. The molecule has 1 rings (SSSR count). The third kappa shape index (κ3) is 3.11. The molecule has 0 saturated carbocycles. The van der Waals surface area contributed by atoms with Gasteiger partial charge in [-0.25, -0.2) is 4.98 Å². The molecule has 66 valence electrons. The van der Waals surface area contributed by atoms with Crippen LogP contribution in [0.5, 0.6) is 0 Å². The second-order valence-electron chi connectivity index (χ2n) is 2.59. The molecule has 0 aliphatic heterocycles. The average molecular weight is 184 g/mol. The minimum Gasteiger partial charge on any atom is -0.397 e. The van der Waals surface area contributed by atoms with Gasteiger partial charge in [-0.2, -0.15) is 0 Å². The van der Waals surface area contributed by atoms with Gasteiger partial charge in [0.1, 0.15) is 0 Å². The van der Waals surface area contributed by atoms with Crippen molar-refractivity contribution in [1.29, 1.82) is 0 Å². The second-order valence-corrected chi connectivity index (χ2v) is 3.63. The first-order valence-electron chi connectivity index (χ1n) is 3.71. The van der Waals surface area contributed by atoms with Crippen molar-refractivity contribution < 1.29 is 5.11 Å². The highest BCUT2D eigenvalue weighted by Crippen LogP contribution is 2.16. The van der Waals surface area contributed by atoms with Crippen LogP contribution in [0, 0.1) is 0 Å². The van der Waals surface area contributed by atoms with Crippen molar-refractivity contribution in [2.45, 2.75) is 18.1 Å². The number of aliphatic hydroxyl groups excluding tert-OH is 1. The van der Waals surface area contributed by atoms with E-state index in [9.17, 15) is 0 Å². The van der Waals surface area contributed by atoms with Gasteiger partial charge in [0, 0.05) is 5.75 Å². The molecule has 3 N–H and O–H groups in total. The van der Waals surface area contributed by atoms with Crippen LogP contribution in [0.4, 0.5) is 5.69 Å². The summed E-state index contributed by atoms with van der Waals surface area (Å²) in [6.07, 6.45) is 1.32. The quantitative estimate of drug-likeness (QED) is 0.691. The molecule has 1 aromatic rings. The van der Waals surface area contributed by atoms with Gasteiger partial charge in [0.15, 0.2) is 0 Å². The van der Waals surface area contributed by atoms with E-state index in [1.807, 2.05) is 6.07 Å². The molecule has 0 aliphatic rings. The number of hydrogen-bond donors (Lipinski definition) is 2. The number of nitrogens with zero attached hydrogens (tertiary/aromatic N) is 1. The molecule has 1 unspecified atom stereocenters. The Labute approximate surface area is 76.0 Å². The van der Waals surface area contributed by atoms with Crippen LogP contribution in [-0.4, -0.2) is 21.9 Å². The van der Waals surface area contributed by atoms with Crippen molar-refractivity contribution in [2.75, 3.05) is 11.5 Å². The monoisotopic (exact) mass is 184 g/mol. The van der Waals surface area contributed by atoms with Crippen molar-refractivity contribution in [3.8, 4) is 0 Å². The van der Waals surface area contributed by atoms with E-state index in [1.54, 1.807) is 19.2 Å². The van der Waals surface area contributed by atoms with Crippen LogP contribution in [-0.2, 0) is 0 Å². The smallest absolute Gasteiger partial charge is 0.0962 e. The Morgan fingerprint density at radius 2 is 2.42 bits per heavy atom. The van der Waals surface area contributed by atoms with Crippen LogP contribution < -0.4 is 5.73 Å². The first-order valence-corrected chi connectivity index (χ1v) is 4.69. The summed E-state index contributed by atoms with van der Waals surface area (Å²) in [6.45, 7) is 1.75. The number of nitrogens with two attached hydrogens (primary N) is 1. The van der Waals surface area contributed by atoms with E-state index in [0.29, 0.717) is 11.4 Å². The first kappa shape index (κ1) is 9.35. The maximum absolute atomic E-state index is 8.99.